The Morgan fingerprint density at radius 2 is 2.12 bits per heavy atom. The lowest BCUT2D eigenvalue weighted by Gasteiger charge is -2.22. The molecule has 5 nitrogen and oxygen atoms in total. The van der Waals surface area contributed by atoms with Gasteiger partial charge in [-0.1, -0.05) is 6.07 Å². The lowest BCUT2D eigenvalue weighted by molar-refractivity contribution is -0.129. The number of carbonyl (C=O) groups is 1. The summed E-state index contributed by atoms with van der Waals surface area (Å²) in [6, 6.07) is 5.82. The summed E-state index contributed by atoms with van der Waals surface area (Å²) in [5, 5.41) is 9.72. The number of likely N-dealkylation sites (tertiary alicyclic amines) is 1. The number of carbonyl (C=O) groups excluding carboxylic acids is 1. The third-order valence-electron chi connectivity index (χ3n) is 4.33. The van der Waals surface area contributed by atoms with Gasteiger partial charge in [0.25, 0.3) is 6.43 Å². The Bertz CT molecular complexity index is 799. The Balaban J connectivity index is 1.68. The molecule has 1 saturated heterocycles. The van der Waals surface area contributed by atoms with E-state index in [1.165, 1.54) is 12.3 Å². The molecule has 1 aliphatic heterocycles. The lowest BCUT2D eigenvalue weighted by atomic mass is 10.2. The highest BCUT2D eigenvalue weighted by Gasteiger charge is 2.35. The third-order valence-corrected chi connectivity index (χ3v) is 4.33. The van der Waals surface area contributed by atoms with Gasteiger partial charge in [0.05, 0.1) is 18.6 Å². The Labute approximate surface area is 148 Å². The highest BCUT2D eigenvalue weighted by atomic mass is 19.3. The number of aliphatic hydroxyl groups is 1. The minimum absolute atomic E-state index is 0.0956. The minimum Gasteiger partial charge on any atom is -0.436 e. The monoisotopic (exact) mass is 366 g/mol. The number of halogens is 3. The fraction of sp³-hybridized carbons (Fsp3) is 0.333. The lowest BCUT2D eigenvalue weighted by Crippen LogP contribution is -2.33. The summed E-state index contributed by atoms with van der Waals surface area (Å²) in [7, 11) is 0. The second-order valence-electron chi connectivity index (χ2n) is 6.13. The van der Waals surface area contributed by atoms with Crippen molar-refractivity contribution in [1.82, 2.24) is 9.88 Å². The molecule has 3 rings (SSSR count). The molecule has 2 aromatic rings. The molecule has 1 aromatic carbocycles. The molecular formula is C18H17F3N2O3. The van der Waals surface area contributed by atoms with E-state index in [9.17, 15) is 23.1 Å². The van der Waals surface area contributed by atoms with Gasteiger partial charge in [0.15, 0.2) is 11.6 Å². The van der Waals surface area contributed by atoms with Gasteiger partial charge in [0.1, 0.15) is 0 Å². The zero-order chi connectivity index (χ0) is 18.8. The van der Waals surface area contributed by atoms with Gasteiger partial charge in [-0.3, -0.25) is 4.79 Å². The number of aliphatic hydroxyl groups excluding tert-OH is 1. The maximum atomic E-state index is 13.8. The van der Waals surface area contributed by atoms with Crippen LogP contribution in [0.15, 0.2) is 36.5 Å². The van der Waals surface area contributed by atoms with E-state index in [-0.39, 0.29) is 30.0 Å². The van der Waals surface area contributed by atoms with Crippen LogP contribution in [0, 0.1) is 5.82 Å². The zero-order valence-electron chi connectivity index (χ0n) is 13.9. The molecule has 1 amide bonds. The van der Waals surface area contributed by atoms with Gasteiger partial charge in [-0.05, 0) is 30.7 Å². The number of ether oxygens (including phenoxy) is 1. The molecule has 1 aliphatic rings. The van der Waals surface area contributed by atoms with Gasteiger partial charge in [-0.2, -0.15) is 0 Å². The molecule has 1 fully saturated rings. The molecule has 138 valence electrons. The molecule has 2 atom stereocenters. The average molecular weight is 366 g/mol. The molecule has 0 aliphatic carbocycles. The first kappa shape index (κ1) is 18.2. The number of rotatable bonds is 5. The van der Waals surface area contributed by atoms with Gasteiger partial charge >= 0.3 is 0 Å². The molecule has 0 spiro atoms. The average Bonchev–Trinajstić information content (AvgIpc) is 2.84. The molecule has 26 heavy (non-hydrogen) atoms. The number of hydrogen-bond acceptors (Lipinski definition) is 4. The first-order chi connectivity index (χ1) is 12.3. The standard InChI is InChI=1S/C18H17F3N2O3/c1-10-14(24)7-17(25)23(10)9-11-2-5-16(22-8-11)26-15-4-3-12(18(20)21)6-13(15)19/h2-6,8,10,14,18,24H,7,9H2,1H3/t10-,14-/m0/s1. The Morgan fingerprint density at radius 1 is 1.35 bits per heavy atom. The smallest absolute Gasteiger partial charge is 0.263 e. The molecular weight excluding hydrogens is 349 g/mol. The van der Waals surface area contributed by atoms with Crippen molar-refractivity contribution in [2.45, 2.75) is 38.5 Å². The van der Waals surface area contributed by atoms with Crippen LogP contribution in [0.1, 0.15) is 30.9 Å². The zero-order valence-corrected chi connectivity index (χ0v) is 13.9. The van der Waals surface area contributed by atoms with Gasteiger partial charge < -0.3 is 14.7 Å². The van der Waals surface area contributed by atoms with Gasteiger partial charge in [-0.25, -0.2) is 18.2 Å². The number of nitrogens with zero attached hydrogens (tertiary/aromatic N) is 2. The minimum atomic E-state index is -2.76. The maximum Gasteiger partial charge on any atom is 0.263 e. The summed E-state index contributed by atoms with van der Waals surface area (Å²) in [6.45, 7) is 2.06. The maximum absolute atomic E-state index is 13.8. The van der Waals surface area contributed by atoms with Crippen LogP contribution in [0.4, 0.5) is 13.2 Å². The van der Waals surface area contributed by atoms with E-state index in [4.69, 9.17) is 4.74 Å². The summed E-state index contributed by atoms with van der Waals surface area (Å²) in [6.07, 6.45) is -1.86. The molecule has 0 unspecified atom stereocenters. The van der Waals surface area contributed by atoms with Crippen molar-refractivity contribution in [3.8, 4) is 11.6 Å². The second kappa shape index (κ2) is 7.33. The Kier molecular flexibility index (Phi) is 5.13. The molecule has 0 bridgehead atoms. The van der Waals surface area contributed by atoms with Crippen molar-refractivity contribution in [3.05, 3.63) is 53.5 Å². The van der Waals surface area contributed by atoms with Crippen LogP contribution < -0.4 is 4.74 Å². The van der Waals surface area contributed by atoms with E-state index >= 15 is 0 Å². The van der Waals surface area contributed by atoms with Crippen molar-refractivity contribution < 1.29 is 27.8 Å². The van der Waals surface area contributed by atoms with Gasteiger partial charge in [-0.15, -0.1) is 0 Å². The summed E-state index contributed by atoms with van der Waals surface area (Å²) < 4.78 is 44.2. The number of pyridine rings is 1. The Hall–Kier alpha value is -2.61. The molecule has 1 N–H and O–H groups in total. The predicted octanol–water partition coefficient (Wildman–Crippen LogP) is 3.43. The van der Waals surface area contributed by atoms with Crippen LogP contribution in [0.5, 0.6) is 11.6 Å². The van der Waals surface area contributed by atoms with Crippen LogP contribution in [0.2, 0.25) is 0 Å². The number of hydrogen-bond donors (Lipinski definition) is 1. The number of benzene rings is 1. The van der Waals surface area contributed by atoms with E-state index in [1.807, 2.05) is 0 Å². The van der Waals surface area contributed by atoms with Gasteiger partial charge in [0, 0.05) is 24.4 Å². The summed E-state index contributed by atoms with van der Waals surface area (Å²) in [5.74, 6) is -1.15. The molecule has 2 heterocycles. The molecule has 0 saturated carbocycles. The van der Waals surface area contributed by atoms with E-state index in [0.717, 1.165) is 23.8 Å². The van der Waals surface area contributed by atoms with E-state index in [0.29, 0.717) is 6.54 Å². The first-order valence-electron chi connectivity index (χ1n) is 8.03. The number of amides is 1. The van der Waals surface area contributed by atoms with E-state index < -0.39 is 23.9 Å². The largest absolute Gasteiger partial charge is 0.436 e. The third kappa shape index (κ3) is 3.80. The fourth-order valence-corrected chi connectivity index (χ4v) is 2.74. The van der Waals surface area contributed by atoms with E-state index in [2.05, 4.69) is 4.98 Å². The molecule has 1 aromatic heterocycles. The van der Waals surface area contributed by atoms with Crippen LogP contribution in [-0.4, -0.2) is 33.0 Å². The van der Waals surface area contributed by atoms with E-state index in [1.54, 1.807) is 17.9 Å². The first-order valence-corrected chi connectivity index (χ1v) is 8.03. The van der Waals surface area contributed by atoms with Crippen molar-refractivity contribution in [1.29, 1.82) is 0 Å². The number of alkyl halides is 2. The SMILES string of the molecule is C[C@H]1[C@@H](O)CC(=O)N1Cc1ccc(Oc2ccc(C(F)F)cc2F)nc1. The molecule has 0 radical (unpaired) electrons. The highest BCUT2D eigenvalue weighted by Crippen LogP contribution is 2.28. The summed E-state index contributed by atoms with van der Waals surface area (Å²) in [5.41, 5.74) is 0.296. The van der Waals surface area contributed by atoms with Crippen LogP contribution >= 0.6 is 0 Å². The van der Waals surface area contributed by atoms with Crippen LogP contribution in [0.3, 0.4) is 0 Å². The summed E-state index contributed by atoms with van der Waals surface area (Å²) >= 11 is 0. The number of aromatic nitrogens is 1. The molecule has 8 heteroatoms. The second-order valence-corrected chi connectivity index (χ2v) is 6.13. The van der Waals surface area contributed by atoms with Crippen LogP contribution in [-0.2, 0) is 11.3 Å². The van der Waals surface area contributed by atoms with Crippen molar-refractivity contribution >= 4 is 5.91 Å². The normalized spacial score (nSPS) is 20.1. The summed E-state index contributed by atoms with van der Waals surface area (Å²) in [4.78, 5) is 17.5. The quantitative estimate of drug-likeness (QED) is 0.881. The van der Waals surface area contributed by atoms with Crippen molar-refractivity contribution in [2.75, 3.05) is 0 Å². The van der Waals surface area contributed by atoms with Crippen molar-refractivity contribution in [3.63, 3.8) is 0 Å². The topological polar surface area (TPSA) is 62.7 Å². The van der Waals surface area contributed by atoms with Gasteiger partial charge in [0.2, 0.25) is 11.8 Å². The van der Waals surface area contributed by atoms with Crippen molar-refractivity contribution in [2.24, 2.45) is 0 Å². The van der Waals surface area contributed by atoms with Crippen LogP contribution in [0.25, 0.3) is 0 Å². The fourth-order valence-electron chi connectivity index (χ4n) is 2.74. The highest BCUT2D eigenvalue weighted by molar-refractivity contribution is 5.79. The predicted molar refractivity (Wildman–Crippen MR) is 86.3 cm³/mol. The Morgan fingerprint density at radius 3 is 2.65 bits per heavy atom.